The van der Waals surface area contributed by atoms with Crippen LogP contribution in [0, 0.1) is 0 Å². The van der Waals surface area contributed by atoms with Crippen molar-refractivity contribution < 1.29 is 43.2 Å². The van der Waals surface area contributed by atoms with Gasteiger partial charge in [0.25, 0.3) is 0 Å². The van der Waals surface area contributed by atoms with Gasteiger partial charge in [-0.15, -0.1) is 0 Å². The molecule has 0 aromatic rings. The van der Waals surface area contributed by atoms with E-state index in [1.807, 2.05) is 6.92 Å². The van der Waals surface area contributed by atoms with Gasteiger partial charge in [-0.25, -0.2) is 0 Å². The van der Waals surface area contributed by atoms with Gasteiger partial charge in [0.2, 0.25) is 0 Å². The van der Waals surface area contributed by atoms with Crippen molar-refractivity contribution in [3.63, 3.8) is 0 Å². The third-order valence-electron chi connectivity index (χ3n) is 5.98. The van der Waals surface area contributed by atoms with Crippen LogP contribution in [0.2, 0.25) is 0 Å². The number of rotatable bonds is 13. The second-order valence-electron chi connectivity index (χ2n) is 7.43. The molecule has 0 spiro atoms. The van der Waals surface area contributed by atoms with E-state index in [2.05, 4.69) is 0 Å². The number of hydrogen-bond acceptors (Lipinski definition) is 4. The molecule has 0 aliphatic carbocycles. The predicted octanol–water partition coefficient (Wildman–Crippen LogP) is 5.88. The molecule has 184 valence electrons. The molecule has 0 aliphatic rings. The molecule has 0 fully saturated rings. The fourth-order valence-corrected chi connectivity index (χ4v) is 17.9. The van der Waals surface area contributed by atoms with Crippen LogP contribution in [0.5, 0.6) is 0 Å². The predicted molar refractivity (Wildman–Crippen MR) is 109 cm³/mol. The summed E-state index contributed by atoms with van der Waals surface area (Å²) in [5.41, 5.74) is -12.4. The van der Waals surface area contributed by atoms with Gasteiger partial charge in [0.05, 0.1) is 0 Å². The number of unbranched alkanes of at least 4 members (excludes halogenated alkanes) is 5. The van der Waals surface area contributed by atoms with Gasteiger partial charge in [0.15, 0.2) is 0 Å². The summed E-state index contributed by atoms with van der Waals surface area (Å²) in [5.74, 6) is 0. The molecule has 0 atom stereocenters. The molecule has 0 aromatic carbocycles. The number of nitrogens with zero attached hydrogens (tertiary/aromatic N) is 1. The maximum absolute atomic E-state index is 13.4. The zero-order valence-electron chi connectivity index (χ0n) is 17.7. The van der Waals surface area contributed by atoms with Crippen molar-refractivity contribution in [3.8, 4) is 0 Å². The Hall–Kier alpha value is -0.130. The summed E-state index contributed by atoms with van der Waals surface area (Å²) >= 11 is 0. The van der Waals surface area contributed by atoms with Gasteiger partial charge in [-0.1, -0.05) is 0 Å². The van der Waals surface area contributed by atoms with E-state index < -0.39 is 59.8 Å². The van der Waals surface area contributed by atoms with E-state index in [9.17, 15) is 43.2 Å². The molecule has 0 saturated carbocycles. The van der Waals surface area contributed by atoms with Crippen molar-refractivity contribution in [3.05, 3.63) is 0 Å². The van der Waals surface area contributed by atoms with Crippen LogP contribution in [-0.2, 0) is 20.0 Å². The van der Waals surface area contributed by atoms with E-state index in [0.29, 0.717) is 12.8 Å². The number of alkyl halides is 6. The molecule has 5 nitrogen and oxygen atoms in total. The van der Waals surface area contributed by atoms with Gasteiger partial charge in [-0.05, 0) is 0 Å². The average molecular weight is 512 g/mol. The summed E-state index contributed by atoms with van der Waals surface area (Å²) < 4.78 is 128. The van der Waals surface area contributed by atoms with Crippen LogP contribution in [0.4, 0.5) is 26.3 Å². The van der Waals surface area contributed by atoms with E-state index in [4.69, 9.17) is 0 Å². The van der Waals surface area contributed by atoms with Crippen LogP contribution in [0.3, 0.4) is 0 Å². The molecular formula is C16H32F6NO4PS2. The number of hydrogen-bond donors (Lipinski definition) is 0. The molecule has 14 heteroatoms. The van der Waals surface area contributed by atoms with Crippen molar-refractivity contribution in [1.82, 2.24) is 3.48 Å². The first-order valence-corrected chi connectivity index (χ1v) is 15.7. The number of halogens is 6. The van der Waals surface area contributed by atoms with Gasteiger partial charge >= 0.3 is 175 Å². The summed E-state index contributed by atoms with van der Waals surface area (Å²) in [6.07, 6.45) is 2.42. The first-order chi connectivity index (χ1) is 13.4. The van der Waals surface area contributed by atoms with Crippen LogP contribution in [0.25, 0.3) is 0 Å². The van der Waals surface area contributed by atoms with E-state index in [1.165, 1.54) is 20.8 Å². The SMILES string of the molecule is CCCCCCCCP(CC)(CC)(CC)N(S(=O)(=O)C(F)(F)F)S(=O)(=O)C(F)(F)F. The third kappa shape index (κ3) is 5.61. The second-order valence-corrected chi connectivity index (χ2v) is 18.3. The Morgan fingerprint density at radius 1 is 0.633 bits per heavy atom. The van der Waals surface area contributed by atoms with Gasteiger partial charge in [-0.2, -0.15) is 0 Å². The van der Waals surface area contributed by atoms with Crippen molar-refractivity contribution in [2.24, 2.45) is 0 Å². The zero-order valence-corrected chi connectivity index (χ0v) is 20.2. The third-order valence-corrected chi connectivity index (χ3v) is 20.5. The van der Waals surface area contributed by atoms with Crippen LogP contribution in [0.15, 0.2) is 0 Å². The van der Waals surface area contributed by atoms with Crippen molar-refractivity contribution >= 4 is 26.8 Å². The maximum atomic E-state index is 13.4. The summed E-state index contributed by atoms with van der Waals surface area (Å²) in [6, 6.07) is 0. The van der Waals surface area contributed by atoms with E-state index in [-0.39, 0.29) is 12.6 Å². The fraction of sp³-hybridized carbons (Fsp3) is 1.00. The number of sulfonamides is 2. The molecule has 0 heterocycles. The monoisotopic (exact) mass is 511 g/mol. The van der Waals surface area contributed by atoms with E-state index >= 15 is 0 Å². The Labute approximate surface area is 175 Å². The van der Waals surface area contributed by atoms with E-state index in [0.717, 1.165) is 19.3 Å². The Kier molecular flexibility index (Phi) is 10.2. The summed E-state index contributed by atoms with van der Waals surface area (Å²) in [5, 5.41) is 0. The minimum absolute atomic E-state index is 0.147. The molecule has 0 bridgehead atoms. The molecular weight excluding hydrogens is 479 g/mol. The average Bonchev–Trinajstić information content (AvgIpc) is 2.61. The second kappa shape index (κ2) is 10.2. The molecule has 0 saturated heterocycles. The van der Waals surface area contributed by atoms with Crippen molar-refractivity contribution in [1.29, 1.82) is 0 Å². The quantitative estimate of drug-likeness (QED) is 0.176. The van der Waals surface area contributed by atoms with Crippen LogP contribution in [0.1, 0.15) is 66.2 Å². The Morgan fingerprint density at radius 2 is 0.967 bits per heavy atom. The standard InChI is InChI=1S/C16H32F6NO4PS2/c1-5-9-10-11-12-13-14-28(6-2,7-3,8-4)23(29(24,25)15(17,18)19)30(26,27)16(20,21)22/h5-14H2,1-4H3. The first-order valence-electron chi connectivity index (χ1n) is 9.87. The van der Waals surface area contributed by atoms with Gasteiger partial charge in [0.1, 0.15) is 0 Å². The Bertz CT molecular complexity index is 707. The van der Waals surface area contributed by atoms with Crippen molar-refractivity contribution in [2.45, 2.75) is 77.2 Å². The van der Waals surface area contributed by atoms with Crippen LogP contribution >= 0.6 is 6.75 Å². The molecule has 0 amide bonds. The van der Waals surface area contributed by atoms with Crippen LogP contribution < -0.4 is 0 Å². The topological polar surface area (TPSA) is 71.5 Å². The van der Waals surface area contributed by atoms with Crippen LogP contribution in [-0.4, -0.2) is 56.0 Å². The molecule has 0 N–H and O–H groups in total. The van der Waals surface area contributed by atoms with Gasteiger partial charge in [0, 0.05) is 0 Å². The summed E-state index contributed by atoms with van der Waals surface area (Å²) in [4.78, 5) is 0. The zero-order chi connectivity index (χ0) is 24.1. The van der Waals surface area contributed by atoms with Crippen molar-refractivity contribution in [2.75, 3.05) is 24.6 Å². The van der Waals surface area contributed by atoms with E-state index in [1.54, 1.807) is 0 Å². The molecule has 0 aliphatic heterocycles. The minimum atomic E-state index is -6.80. The molecule has 0 unspecified atom stereocenters. The summed E-state index contributed by atoms with van der Waals surface area (Å²) in [7, 11) is -13.6. The first kappa shape index (κ1) is 29.9. The normalized spacial score (nSPS) is 15.9. The molecule has 0 aromatic heterocycles. The molecule has 30 heavy (non-hydrogen) atoms. The Morgan fingerprint density at radius 3 is 1.27 bits per heavy atom. The Balaban J connectivity index is 6.76. The fourth-order valence-electron chi connectivity index (χ4n) is 3.79. The molecule has 0 rings (SSSR count). The summed E-state index contributed by atoms with van der Waals surface area (Å²) in [6.45, 7) is 1.04. The van der Waals surface area contributed by atoms with Gasteiger partial charge < -0.3 is 0 Å². The van der Waals surface area contributed by atoms with Gasteiger partial charge in [-0.3, -0.25) is 0 Å². The molecule has 0 radical (unpaired) electrons.